The first-order chi connectivity index (χ1) is 12.4. The van der Waals surface area contributed by atoms with Crippen LogP contribution in [0.3, 0.4) is 0 Å². The summed E-state index contributed by atoms with van der Waals surface area (Å²) >= 11 is 0. The van der Waals surface area contributed by atoms with Crippen molar-refractivity contribution < 1.29 is 18.7 Å². The van der Waals surface area contributed by atoms with E-state index in [-0.39, 0.29) is 17.1 Å². The third-order valence-electron chi connectivity index (χ3n) is 3.45. The van der Waals surface area contributed by atoms with Crippen LogP contribution in [0.25, 0.3) is 0 Å². The van der Waals surface area contributed by atoms with Gasteiger partial charge in [0.15, 0.2) is 0 Å². The molecule has 0 saturated heterocycles. The monoisotopic (exact) mass is 356 g/mol. The minimum atomic E-state index is -1.08. The van der Waals surface area contributed by atoms with Crippen LogP contribution < -0.4 is 10.6 Å². The van der Waals surface area contributed by atoms with Crippen LogP contribution in [0.1, 0.15) is 16.2 Å². The van der Waals surface area contributed by atoms with E-state index in [9.17, 15) is 18.7 Å². The minimum absolute atomic E-state index is 0.0568. The molecule has 3 N–H and O–H groups in total. The van der Waals surface area contributed by atoms with Crippen LogP contribution in [0.5, 0.6) is 0 Å². The number of halogens is 2. The van der Waals surface area contributed by atoms with Gasteiger partial charge in [-0.25, -0.2) is 23.5 Å². The predicted octanol–water partition coefficient (Wildman–Crippen LogP) is 4.25. The fourth-order valence-corrected chi connectivity index (χ4v) is 2.34. The van der Waals surface area contributed by atoms with Crippen molar-refractivity contribution in [3.05, 3.63) is 71.6 Å². The number of aromatic carboxylic acids is 1. The Bertz CT molecular complexity index is 979. The lowest BCUT2D eigenvalue weighted by molar-refractivity contribution is 0.0698. The van der Waals surface area contributed by atoms with E-state index >= 15 is 0 Å². The molecule has 0 fully saturated rings. The Kier molecular flexibility index (Phi) is 4.74. The van der Waals surface area contributed by atoms with Crippen LogP contribution in [0.2, 0.25) is 0 Å². The number of nitrogens with zero attached hydrogens (tertiary/aromatic N) is 2. The fourth-order valence-electron chi connectivity index (χ4n) is 2.34. The SMILES string of the molecule is Cc1nc(Nc2ccc(F)cc2F)cc(Nc2ccccc2C(=O)O)n1. The maximum Gasteiger partial charge on any atom is 0.337 e. The third-order valence-corrected chi connectivity index (χ3v) is 3.45. The number of rotatable bonds is 5. The number of carboxylic acid groups (broad SMARTS) is 1. The summed E-state index contributed by atoms with van der Waals surface area (Å²) in [4.78, 5) is 19.6. The van der Waals surface area contributed by atoms with Crippen LogP contribution in [-0.4, -0.2) is 21.0 Å². The lowest BCUT2D eigenvalue weighted by Crippen LogP contribution is -2.05. The van der Waals surface area contributed by atoms with E-state index in [1.54, 1.807) is 25.1 Å². The summed E-state index contributed by atoms with van der Waals surface area (Å²) in [5.41, 5.74) is 0.501. The summed E-state index contributed by atoms with van der Waals surface area (Å²) in [6, 6.07) is 11.0. The van der Waals surface area contributed by atoms with Gasteiger partial charge in [0.1, 0.15) is 29.1 Å². The Morgan fingerprint density at radius 3 is 2.27 bits per heavy atom. The summed E-state index contributed by atoms with van der Waals surface area (Å²) in [5, 5.41) is 14.9. The van der Waals surface area contributed by atoms with Crippen molar-refractivity contribution in [2.45, 2.75) is 6.92 Å². The molecule has 0 saturated carbocycles. The van der Waals surface area contributed by atoms with Gasteiger partial charge in [-0.05, 0) is 31.2 Å². The summed E-state index contributed by atoms with van der Waals surface area (Å²) in [6.07, 6.45) is 0. The standard InChI is InChI=1S/C18H14F2N4O2/c1-10-21-16(23-14-5-3-2-4-12(14)18(25)26)9-17(22-10)24-15-7-6-11(19)8-13(15)20/h2-9H,1H3,(H,25,26)(H2,21,22,23,24). The number of aryl methyl sites for hydroxylation is 1. The highest BCUT2D eigenvalue weighted by molar-refractivity contribution is 5.95. The molecule has 0 aliphatic heterocycles. The number of hydrogen-bond donors (Lipinski definition) is 3. The maximum absolute atomic E-state index is 13.8. The largest absolute Gasteiger partial charge is 0.478 e. The Morgan fingerprint density at radius 1 is 0.962 bits per heavy atom. The van der Waals surface area contributed by atoms with Gasteiger partial charge < -0.3 is 15.7 Å². The topological polar surface area (TPSA) is 87.1 Å². The molecule has 0 spiro atoms. The van der Waals surface area contributed by atoms with E-state index in [1.807, 2.05) is 0 Å². The van der Waals surface area contributed by atoms with Crippen molar-refractivity contribution >= 4 is 29.0 Å². The molecular formula is C18H14F2N4O2. The lowest BCUT2D eigenvalue weighted by Gasteiger charge is -2.12. The van der Waals surface area contributed by atoms with Gasteiger partial charge in [-0.2, -0.15) is 0 Å². The predicted molar refractivity (Wildman–Crippen MR) is 93.1 cm³/mol. The third kappa shape index (κ3) is 3.92. The lowest BCUT2D eigenvalue weighted by atomic mass is 10.2. The molecule has 8 heteroatoms. The molecule has 3 aromatic rings. The number of benzene rings is 2. The molecule has 26 heavy (non-hydrogen) atoms. The molecule has 1 heterocycles. The second-order valence-corrected chi connectivity index (χ2v) is 5.41. The van der Waals surface area contributed by atoms with E-state index in [1.165, 1.54) is 18.2 Å². The minimum Gasteiger partial charge on any atom is -0.478 e. The molecule has 0 radical (unpaired) electrons. The first kappa shape index (κ1) is 17.3. The maximum atomic E-state index is 13.8. The molecule has 6 nitrogen and oxygen atoms in total. The molecule has 3 rings (SSSR count). The van der Waals surface area contributed by atoms with E-state index in [2.05, 4.69) is 20.6 Å². The number of nitrogens with one attached hydrogen (secondary N) is 2. The van der Waals surface area contributed by atoms with E-state index in [4.69, 9.17) is 0 Å². The molecule has 0 atom stereocenters. The Morgan fingerprint density at radius 2 is 1.62 bits per heavy atom. The number of carboxylic acids is 1. The second kappa shape index (κ2) is 7.14. The number of para-hydroxylation sites is 1. The summed E-state index contributed by atoms with van der Waals surface area (Å²) < 4.78 is 26.8. The molecule has 0 aliphatic rings. The number of anilines is 4. The molecule has 1 aromatic heterocycles. The average molecular weight is 356 g/mol. The first-order valence-corrected chi connectivity index (χ1v) is 7.59. The van der Waals surface area contributed by atoms with Gasteiger partial charge in [-0.1, -0.05) is 12.1 Å². The van der Waals surface area contributed by atoms with Gasteiger partial charge in [0.05, 0.1) is 16.9 Å². The molecule has 0 aliphatic carbocycles. The summed E-state index contributed by atoms with van der Waals surface area (Å²) in [5.74, 6) is -1.53. The molecule has 0 unspecified atom stereocenters. The normalized spacial score (nSPS) is 10.4. The zero-order valence-corrected chi connectivity index (χ0v) is 13.6. The quantitative estimate of drug-likeness (QED) is 0.634. The van der Waals surface area contributed by atoms with Crippen molar-refractivity contribution in [1.82, 2.24) is 9.97 Å². The Labute approximate surface area is 147 Å². The smallest absolute Gasteiger partial charge is 0.337 e. The average Bonchev–Trinajstić information content (AvgIpc) is 2.57. The van der Waals surface area contributed by atoms with Crippen LogP contribution in [0, 0.1) is 18.6 Å². The number of hydrogen-bond acceptors (Lipinski definition) is 5. The van der Waals surface area contributed by atoms with Gasteiger partial charge >= 0.3 is 5.97 Å². The Hall–Kier alpha value is -3.55. The molecular weight excluding hydrogens is 342 g/mol. The van der Waals surface area contributed by atoms with E-state index in [0.29, 0.717) is 17.3 Å². The van der Waals surface area contributed by atoms with Crippen molar-refractivity contribution in [3.8, 4) is 0 Å². The molecule has 2 aromatic carbocycles. The molecule has 132 valence electrons. The zero-order valence-electron chi connectivity index (χ0n) is 13.6. The second-order valence-electron chi connectivity index (χ2n) is 5.41. The number of carbonyl (C=O) groups is 1. The van der Waals surface area contributed by atoms with Gasteiger partial charge in [-0.3, -0.25) is 0 Å². The van der Waals surface area contributed by atoms with Crippen molar-refractivity contribution in [3.63, 3.8) is 0 Å². The highest BCUT2D eigenvalue weighted by Gasteiger charge is 2.11. The first-order valence-electron chi connectivity index (χ1n) is 7.59. The van der Waals surface area contributed by atoms with Gasteiger partial charge in [0.2, 0.25) is 0 Å². The Balaban J connectivity index is 1.90. The van der Waals surface area contributed by atoms with Crippen LogP contribution in [-0.2, 0) is 0 Å². The van der Waals surface area contributed by atoms with Gasteiger partial charge in [0, 0.05) is 12.1 Å². The van der Waals surface area contributed by atoms with Crippen LogP contribution in [0.15, 0.2) is 48.5 Å². The molecule has 0 amide bonds. The van der Waals surface area contributed by atoms with Crippen molar-refractivity contribution in [2.75, 3.05) is 10.6 Å². The van der Waals surface area contributed by atoms with E-state index < -0.39 is 17.6 Å². The highest BCUT2D eigenvalue weighted by Crippen LogP contribution is 2.24. The van der Waals surface area contributed by atoms with Crippen molar-refractivity contribution in [1.29, 1.82) is 0 Å². The van der Waals surface area contributed by atoms with Gasteiger partial charge in [0.25, 0.3) is 0 Å². The van der Waals surface area contributed by atoms with Gasteiger partial charge in [-0.15, -0.1) is 0 Å². The van der Waals surface area contributed by atoms with E-state index in [0.717, 1.165) is 12.1 Å². The van der Waals surface area contributed by atoms with Crippen molar-refractivity contribution in [2.24, 2.45) is 0 Å². The zero-order chi connectivity index (χ0) is 18.7. The highest BCUT2D eigenvalue weighted by atomic mass is 19.1. The molecule has 0 bridgehead atoms. The fraction of sp³-hybridized carbons (Fsp3) is 0.0556. The summed E-state index contributed by atoms with van der Waals surface area (Å²) in [7, 11) is 0. The van der Waals surface area contributed by atoms with Crippen LogP contribution in [0.4, 0.5) is 31.8 Å². The number of aromatic nitrogens is 2. The summed E-state index contributed by atoms with van der Waals surface area (Å²) in [6.45, 7) is 1.64. The van der Waals surface area contributed by atoms with Crippen LogP contribution >= 0.6 is 0 Å².